The molecule has 0 saturated carbocycles. The largest absolute Gasteiger partial charge is 0.496 e. The molecule has 13 heavy (non-hydrogen) atoms. The molecule has 1 aromatic carbocycles. The highest BCUT2D eigenvalue weighted by atomic mass is 79.9. The standard InChI is InChI=1S/C9H8BrFO2/c1-5(12)8-7(13-2)4-3-6(11)9(8)10/h3-4H,1-2H3. The van der Waals surface area contributed by atoms with Crippen molar-refractivity contribution < 1.29 is 13.9 Å². The maximum Gasteiger partial charge on any atom is 0.164 e. The van der Waals surface area contributed by atoms with Crippen molar-refractivity contribution in [1.82, 2.24) is 0 Å². The number of hydrogen-bond acceptors (Lipinski definition) is 2. The van der Waals surface area contributed by atoms with E-state index in [2.05, 4.69) is 15.9 Å². The summed E-state index contributed by atoms with van der Waals surface area (Å²) in [7, 11) is 1.44. The van der Waals surface area contributed by atoms with Gasteiger partial charge in [-0.25, -0.2) is 4.39 Å². The van der Waals surface area contributed by atoms with Gasteiger partial charge in [-0.2, -0.15) is 0 Å². The Bertz CT molecular complexity index is 350. The smallest absolute Gasteiger partial charge is 0.164 e. The molecule has 0 atom stereocenters. The maximum atomic E-state index is 13.0. The van der Waals surface area contributed by atoms with Crippen molar-refractivity contribution in [2.45, 2.75) is 6.92 Å². The van der Waals surface area contributed by atoms with Crippen LogP contribution in [0.15, 0.2) is 16.6 Å². The van der Waals surface area contributed by atoms with Gasteiger partial charge in [0, 0.05) is 0 Å². The molecule has 0 bridgehead atoms. The van der Waals surface area contributed by atoms with E-state index in [1.807, 2.05) is 0 Å². The quantitative estimate of drug-likeness (QED) is 0.751. The minimum absolute atomic E-state index is 0.152. The normalized spacial score (nSPS) is 9.85. The van der Waals surface area contributed by atoms with Crippen LogP contribution in [-0.2, 0) is 0 Å². The lowest BCUT2D eigenvalue weighted by Crippen LogP contribution is -2.00. The van der Waals surface area contributed by atoms with Gasteiger partial charge in [-0.05, 0) is 35.0 Å². The zero-order valence-corrected chi connectivity index (χ0v) is 8.81. The Balaban J connectivity index is 3.41. The number of methoxy groups -OCH3 is 1. The summed E-state index contributed by atoms with van der Waals surface area (Å²) in [5.41, 5.74) is 0.238. The summed E-state index contributed by atoms with van der Waals surface area (Å²) in [4.78, 5) is 11.1. The van der Waals surface area contributed by atoms with E-state index in [-0.39, 0.29) is 15.8 Å². The number of ether oxygens (including phenoxy) is 1. The van der Waals surface area contributed by atoms with Crippen molar-refractivity contribution in [3.8, 4) is 5.75 Å². The van der Waals surface area contributed by atoms with Gasteiger partial charge in [0.25, 0.3) is 0 Å². The van der Waals surface area contributed by atoms with Crippen molar-refractivity contribution in [3.05, 3.63) is 28.0 Å². The van der Waals surface area contributed by atoms with Gasteiger partial charge in [0.05, 0.1) is 17.1 Å². The van der Waals surface area contributed by atoms with Gasteiger partial charge in [-0.3, -0.25) is 4.79 Å². The fraction of sp³-hybridized carbons (Fsp3) is 0.222. The number of carbonyl (C=O) groups excluding carboxylic acids is 1. The Morgan fingerprint density at radius 3 is 2.62 bits per heavy atom. The minimum Gasteiger partial charge on any atom is -0.496 e. The molecule has 0 amide bonds. The number of rotatable bonds is 2. The van der Waals surface area contributed by atoms with Crippen molar-refractivity contribution in [1.29, 1.82) is 0 Å². The maximum absolute atomic E-state index is 13.0. The van der Waals surface area contributed by atoms with Gasteiger partial charge < -0.3 is 4.74 Å². The average molecular weight is 247 g/mol. The second-order valence-corrected chi connectivity index (χ2v) is 3.29. The Labute approximate surface area is 83.8 Å². The number of carbonyl (C=O) groups is 1. The Morgan fingerprint density at radius 1 is 1.54 bits per heavy atom. The third kappa shape index (κ3) is 1.88. The first-order valence-electron chi connectivity index (χ1n) is 3.61. The molecular weight excluding hydrogens is 239 g/mol. The lowest BCUT2D eigenvalue weighted by Gasteiger charge is -2.07. The van der Waals surface area contributed by atoms with Gasteiger partial charge in [0.1, 0.15) is 11.6 Å². The molecular formula is C9H8BrFO2. The summed E-state index contributed by atoms with van der Waals surface area (Å²) in [5, 5.41) is 0. The van der Waals surface area contributed by atoms with Gasteiger partial charge in [-0.15, -0.1) is 0 Å². The Hall–Kier alpha value is -0.900. The van der Waals surface area contributed by atoms with Crippen molar-refractivity contribution in [2.75, 3.05) is 7.11 Å². The van der Waals surface area contributed by atoms with E-state index in [0.29, 0.717) is 5.75 Å². The molecule has 0 aliphatic heterocycles. The van der Waals surface area contributed by atoms with Crippen LogP contribution in [0.2, 0.25) is 0 Å². The van der Waals surface area contributed by atoms with Crippen LogP contribution in [0.4, 0.5) is 4.39 Å². The number of Topliss-reactive ketones (excluding diaryl/α,β-unsaturated/α-hetero) is 1. The lowest BCUT2D eigenvalue weighted by molar-refractivity contribution is 0.101. The van der Waals surface area contributed by atoms with Crippen LogP contribution >= 0.6 is 15.9 Å². The Morgan fingerprint density at radius 2 is 2.15 bits per heavy atom. The molecule has 0 N–H and O–H groups in total. The van der Waals surface area contributed by atoms with E-state index >= 15 is 0 Å². The van der Waals surface area contributed by atoms with Crippen molar-refractivity contribution >= 4 is 21.7 Å². The molecule has 70 valence electrons. The molecule has 0 aliphatic carbocycles. The first kappa shape index (κ1) is 10.2. The summed E-state index contributed by atoms with van der Waals surface area (Å²) in [6, 6.07) is 2.67. The molecule has 1 rings (SSSR count). The zero-order chi connectivity index (χ0) is 10.0. The summed E-state index contributed by atoms with van der Waals surface area (Å²) in [6.45, 7) is 1.36. The Kier molecular flexibility index (Phi) is 3.03. The van der Waals surface area contributed by atoms with Crippen LogP contribution in [0, 0.1) is 5.82 Å². The van der Waals surface area contributed by atoms with Crippen LogP contribution < -0.4 is 4.74 Å². The lowest BCUT2D eigenvalue weighted by atomic mass is 10.1. The first-order chi connectivity index (χ1) is 6.07. The molecule has 1 aromatic rings. The third-order valence-corrected chi connectivity index (χ3v) is 2.40. The van der Waals surface area contributed by atoms with Crippen LogP contribution in [0.25, 0.3) is 0 Å². The predicted molar refractivity (Wildman–Crippen MR) is 50.7 cm³/mol. The van der Waals surface area contributed by atoms with E-state index in [4.69, 9.17) is 4.74 Å². The topological polar surface area (TPSA) is 26.3 Å². The molecule has 0 spiro atoms. The summed E-state index contributed by atoms with van der Waals surface area (Å²) in [6.07, 6.45) is 0. The zero-order valence-electron chi connectivity index (χ0n) is 7.23. The van der Waals surface area contributed by atoms with E-state index in [0.717, 1.165) is 0 Å². The molecule has 0 aromatic heterocycles. The summed E-state index contributed by atoms with van der Waals surface area (Å²) < 4.78 is 18.1. The monoisotopic (exact) mass is 246 g/mol. The number of ketones is 1. The molecule has 0 heterocycles. The second kappa shape index (κ2) is 3.87. The van der Waals surface area contributed by atoms with E-state index in [1.165, 1.54) is 26.2 Å². The molecule has 0 saturated heterocycles. The molecule has 2 nitrogen and oxygen atoms in total. The second-order valence-electron chi connectivity index (χ2n) is 2.49. The van der Waals surface area contributed by atoms with E-state index in [1.54, 1.807) is 0 Å². The highest BCUT2D eigenvalue weighted by molar-refractivity contribution is 9.10. The van der Waals surface area contributed by atoms with Gasteiger partial charge in [0.15, 0.2) is 5.78 Å². The molecule has 0 fully saturated rings. The number of halogens is 2. The number of hydrogen-bond donors (Lipinski definition) is 0. The van der Waals surface area contributed by atoms with Crippen LogP contribution in [0.5, 0.6) is 5.75 Å². The highest BCUT2D eigenvalue weighted by Gasteiger charge is 2.15. The fourth-order valence-electron chi connectivity index (χ4n) is 1.03. The molecule has 4 heteroatoms. The van der Waals surface area contributed by atoms with E-state index in [9.17, 15) is 9.18 Å². The molecule has 0 unspecified atom stereocenters. The van der Waals surface area contributed by atoms with Crippen LogP contribution in [0.1, 0.15) is 17.3 Å². The average Bonchev–Trinajstić information content (AvgIpc) is 2.08. The predicted octanol–water partition coefficient (Wildman–Crippen LogP) is 2.80. The van der Waals surface area contributed by atoms with Crippen LogP contribution in [-0.4, -0.2) is 12.9 Å². The van der Waals surface area contributed by atoms with Gasteiger partial charge in [0.2, 0.25) is 0 Å². The van der Waals surface area contributed by atoms with Crippen molar-refractivity contribution in [2.24, 2.45) is 0 Å². The van der Waals surface area contributed by atoms with Gasteiger partial charge in [-0.1, -0.05) is 0 Å². The molecule has 0 aliphatic rings. The van der Waals surface area contributed by atoms with Crippen molar-refractivity contribution in [3.63, 3.8) is 0 Å². The first-order valence-corrected chi connectivity index (χ1v) is 4.40. The van der Waals surface area contributed by atoms with Crippen LogP contribution in [0.3, 0.4) is 0 Å². The fourth-order valence-corrected chi connectivity index (χ4v) is 1.64. The SMILES string of the molecule is COc1ccc(F)c(Br)c1C(C)=O. The number of benzene rings is 1. The van der Waals surface area contributed by atoms with Gasteiger partial charge >= 0.3 is 0 Å². The summed E-state index contributed by atoms with van der Waals surface area (Å²) in [5.74, 6) is -0.324. The highest BCUT2D eigenvalue weighted by Crippen LogP contribution is 2.29. The minimum atomic E-state index is -0.467. The molecule has 0 radical (unpaired) electrons. The summed E-state index contributed by atoms with van der Waals surface area (Å²) >= 11 is 3.00. The third-order valence-electron chi connectivity index (χ3n) is 1.63. The van der Waals surface area contributed by atoms with E-state index < -0.39 is 5.82 Å².